The van der Waals surface area contributed by atoms with Gasteiger partial charge in [-0.3, -0.25) is 14.7 Å². The summed E-state index contributed by atoms with van der Waals surface area (Å²) >= 11 is 1.55. The highest BCUT2D eigenvalue weighted by Crippen LogP contribution is 2.39. The molecule has 1 fully saturated rings. The number of aliphatic hydroxyl groups is 1. The highest BCUT2D eigenvalue weighted by molar-refractivity contribution is 7.99. The monoisotopic (exact) mass is 602 g/mol. The Hall–Kier alpha value is -4.03. The van der Waals surface area contributed by atoms with Gasteiger partial charge in [0.15, 0.2) is 11.4 Å². The Morgan fingerprint density at radius 3 is 2.47 bits per heavy atom. The fourth-order valence-corrected chi connectivity index (χ4v) is 5.64. The van der Waals surface area contributed by atoms with E-state index < -0.39 is 12.3 Å². The van der Waals surface area contributed by atoms with Crippen molar-refractivity contribution in [1.29, 1.82) is 0 Å². The largest absolute Gasteiger partial charge is 0.481 e. The number of nitrogens with zero attached hydrogens (tertiary/aromatic N) is 2. The lowest BCUT2D eigenvalue weighted by molar-refractivity contribution is -0.245. The van der Waals surface area contributed by atoms with Gasteiger partial charge in [0.05, 0.1) is 18.8 Å². The highest BCUT2D eigenvalue weighted by Gasteiger charge is 2.32. The fraction of sp³-hybridized carbons (Fsp3) is 0.312. The van der Waals surface area contributed by atoms with E-state index in [1.807, 2.05) is 72.8 Å². The Morgan fingerprint density at radius 1 is 0.953 bits per heavy atom. The number of nitrogens with one attached hydrogen (secondary N) is 2. The van der Waals surface area contributed by atoms with E-state index in [0.29, 0.717) is 25.1 Å². The van der Waals surface area contributed by atoms with Crippen molar-refractivity contribution in [2.75, 3.05) is 5.75 Å². The standard InChI is InChI=1S/C32H34N4O6S/c37-18-21-7-9-24(10-8-21)28-16-27(19-43-32-34-20-35-36-32)41-31(42-28)25-13-11-23(12-14-25)26-4-1-3-22(15-26)17-33-29(38)5-2-6-30(39)40/h1,3-4,7-15,20,27-28,31,37H,2,5-6,16-19H2,(H,33,38)(H,39,40)(H,34,35,36). The van der Waals surface area contributed by atoms with Crippen LogP contribution in [0.5, 0.6) is 0 Å². The molecule has 0 radical (unpaired) electrons. The second-order valence-electron chi connectivity index (χ2n) is 10.3. The topological polar surface area (TPSA) is 147 Å². The number of carbonyl (C=O) groups is 2. The molecule has 1 amide bonds. The van der Waals surface area contributed by atoms with E-state index in [9.17, 15) is 14.7 Å². The molecule has 43 heavy (non-hydrogen) atoms. The van der Waals surface area contributed by atoms with Crippen molar-refractivity contribution >= 4 is 23.6 Å². The molecule has 224 valence electrons. The van der Waals surface area contributed by atoms with Crippen LogP contribution >= 0.6 is 11.8 Å². The van der Waals surface area contributed by atoms with E-state index in [4.69, 9.17) is 14.6 Å². The molecule has 4 aromatic rings. The Bertz CT molecular complexity index is 1480. The van der Waals surface area contributed by atoms with Gasteiger partial charge in [-0.15, -0.1) is 0 Å². The van der Waals surface area contributed by atoms with Crippen LogP contribution in [0.25, 0.3) is 11.1 Å². The Balaban J connectivity index is 1.25. The summed E-state index contributed by atoms with van der Waals surface area (Å²) in [6.45, 7) is 0.363. The van der Waals surface area contributed by atoms with Crippen molar-refractivity contribution in [2.24, 2.45) is 0 Å². The van der Waals surface area contributed by atoms with E-state index in [0.717, 1.165) is 38.5 Å². The molecule has 0 aliphatic carbocycles. The number of aromatic nitrogens is 3. The van der Waals surface area contributed by atoms with Crippen LogP contribution in [0.4, 0.5) is 0 Å². The van der Waals surface area contributed by atoms with Gasteiger partial charge in [-0.2, -0.15) is 5.10 Å². The first-order chi connectivity index (χ1) is 21.0. The lowest BCUT2D eigenvalue weighted by Crippen LogP contribution is -2.31. The summed E-state index contributed by atoms with van der Waals surface area (Å²) in [4.78, 5) is 26.9. The number of aliphatic hydroxyl groups excluding tert-OH is 1. The molecule has 5 rings (SSSR count). The molecule has 4 N–H and O–H groups in total. The quantitative estimate of drug-likeness (QED) is 0.152. The van der Waals surface area contributed by atoms with Gasteiger partial charge in [-0.25, -0.2) is 4.98 Å². The number of hydrogen-bond acceptors (Lipinski definition) is 8. The smallest absolute Gasteiger partial charge is 0.303 e. The summed E-state index contributed by atoms with van der Waals surface area (Å²) in [5.74, 6) is -0.381. The summed E-state index contributed by atoms with van der Waals surface area (Å²) in [5.41, 5.74) is 5.76. The van der Waals surface area contributed by atoms with Crippen LogP contribution in [-0.4, -0.2) is 49.1 Å². The van der Waals surface area contributed by atoms with Gasteiger partial charge in [-0.1, -0.05) is 78.5 Å². The maximum atomic E-state index is 12.1. The summed E-state index contributed by atoms with van der Waals surface area (Å²) in [6, 6.07) is 23.8. The van der Waals surface area contributed by atoms with Crippen LogP contribution in [0.15, 0.2) is 84.3 Å². The van der Waals surface area contributed by atoms with Gasteiger partial charge in [0.1, 0.15) is 6.33 Å². The SMILES string of the molecule is O=C(O)CCCC(=O)NCc1cccc(-c2ccc(C3OC(CSc4ncn[nH]4)CC(c4ccc(CO)cc4)O3)cc2)c1. The predicted molar refractivity (Wildman–Crippen MR) is 161 cm³/mol. The zero-order chi connectivity index (χ0) is 30.0. The molecule has 1 saturated heterocycles. The van der Waals surface area contributed by atoms with Crippen molar-refractivity contribution in [3.63, 3.8) is 0 Å². The number of rotatable bonds is 13. The second kappa shape index (κ2) is 14.9. The average molecular weight is 603 g/mol. The van der Waals surface area contributed by atoms with Gasteiger partial charge >= 0.3 is 5.97 Å². The lowest BCUT2D eigenvalue weighted by Gasteiger charge is -2.36. The number of thioether (sulfide) groups is 1. The van der Waals surface area contributed by atoms with E-state index in [1.54, 1.807) is 11.8 Å². The number of carbonyl (C=O) groups excluding carboxylic acids is 1. The minimum atomic E-state index is -0.900. The normalized spacial score (nSPS) is 18.3. The van der Waals surface area contributed by atoms with Crippen LogP contribution in [0, 0.1) is 0 Å². The third-order valence-electron chi connectivity index (χ3n) is 7.14. The first-order valence-electron chi connectivity index (χ1n) is 14.1. The van der Waals surface area contributed by atoms with E-state index >= 15 is 0 Å². The predicted octanol–water partition coefficient (Wildman–Crippen LogP) is 5.17. The fourth-order valence-electron chi connectivity index (χ4n) is 4.84. The number of carboxylic acids is 1. The number of aromatic amines is 1. The molecule has 1 aliphatic heterocycles. The zero-order valence-corrected chi connectivity index (χ0v) is 24.3. The second-order valence-corrected chi connectivity index (χ2v) is 11.3. The van der Waals surface area contributed by atoms with Crippen molar-refractivity contribution in [1.82, 2.24) is 20.5 Å². The van der Waals surface area contributed by atoms with Crippen molar-refractivity contribution < 1.29 is 29.3 Å². The minimum absolute atomic E-state index is 0.00746. The number of amides is 1. The molecule has 0 bridgehead atoms. The third-order valence-corrected chi connectivity index (χ3v) is 8.15. The van der Waals surface area contributed by atoms with Crippen LogP contribution in [0.1, 0.15) is 60.3 Å². The van der Waals surface area contributed by atoms with Gasteiger partial charge in [0.2, 0.25) is 5.91 Å². The van der Waals surface area contributed by atoms with Crippen molar-refractivity contribution in [3.05, 3.63) is 101 Å². The van der Waals surface area contributed by atoms with E-state index in [-0.39, 0.29) is 37.6 Å². The Kier molecular flexibility index (Phi) is 10.6. The first-order valence-corrected chi connectivity index (χ1v) is 15.1. The summed E-state index contributed by atoms with van der Waals surface area (Å²) in [7, 11) is 0. The molecule has 2 heterocycles. The Morgan fingerprint density at radius 2 is 1.74 bits per heavy atom. The van der Waals surface area contributed by atoms with Crippen LogP contribution in [-0.2, 0) is 32.2 Å². The van der Waals surface area contributed by atoms with Crippen LogP contribution in [0.3, 0.4) is 0 Å². The van der Waals surface area contributed by atoms with Gasteiger partial charge in [0.25, 0.3) is 0 Å². The number of benzene rings is 3. The molecule has 10 nitrogen and oxygen atoms in total. The summed E-state index contributed by atoms with van der Waals surface area (Å²) in [6.07, 6.45) is 1.82. The molecule has 0 spiro atoms. The highest BCUT2D eigenvalue weighted by atomic mass is 32.2. The van der Waals surface area contributed by atoms with Crippen LogP contribution in [0.2, 0.25) is 0 Å². The molecule has 0 saturated carbocycles. The molecule has 3 unspecified atom stereocenters. The van der Waals surface area contributed by atoms with E-state index in [2.05, 4.69) is 20.5 Å². The maximum absolute atomic E-state index is 12.1. The average Bonchev–Trinajstić information content (AvgIpc) is 3.57. The molecule has 3 aromatic carbocycles. The van der Waals surface area contributed by atoms with Gasteiger partial charge < -0.3 is 25.0 Å². The van der Waals surface area contributed by atoms with Crippen molar-refractivity contribution in [2.45, 2.75) is 62.5 Å². The lowest BCUT2D eigenvalue weighted by atomic mass is 9.99. The number of ether oxygens (including phenoxy) is 2. The van der Waals surface area contributed by atoms with Crippen molar-refractivity contribution in [3.8, 4) is 11.1 Å². The maximum Gasteiger partial charge on any atom is 0.303 e. The molecular formula is C32H34N4O6S. The van der Waals surface area contributed by atoms with Crippen LogP contribution < -0.4 is 5.32 Å². The summed E-state index contributed by atoms with van der Waals surface area (Å²) < 4.78 is 12.9. The number of carboxylic acid groups (broad SMARTS) is 1. The first kappa shape index (κ1) is 30.4. The number of hydrogen-bond donors (Lipinski definition) is 4. The zero-order valence-electron chi connectivity index (χ0n) is 23.5. The number of aliphatic carboxylic acids is 1. The Labute approximate surface area is 253 Å². The molecule has 3 atom stereocenters. The third kappa shape index (κ3) is 8.74. The number of H-pyrrole nitrogens is 1. The molecular weight excluding hydrogens is 568 g/mol. The summed E-state index contributed by atoms with van der Waals surface area (Å²) in [5, 5.41) is 28.6. The van der Waals surface area contributed by atoms with Gasteiger partial charge in [-0.05, 0) is 40.3 Å². The van der Waals surface area contributed by atoms with Gasteiger partial charge in [0, 0.05) is 37.1 Å². The molecule has 11 heteroatoms. The molecule has 1 aromatic heterocycles. The minimum Gasteiger partial charge on any atom is -0.481 e. The van der Waals surface area contributed by atoms with E-state index in [1.165, 1.54) is 6.33 Å². The molecule has 1 aliphatic rings.